The van der Waals surface area contributed by atoms with Crippen LogP contribution < -0.4 is 15.6 Å². The number of hydrogen-bond donors (Lipinski definition) is 2. The van der Waals surface area contributed by atoms with Crippen LogP contribution in [0.1, 0.15) is 0 Å². The number of aromatic amines is 1. The van der Waals surface area contributed by atoms with Crippen LogP contribution >= 0.6 is 0 Å². The molecule has 0 saturated carbocycles. The van der Waals surface area contributed by atoms with Crippen molar-refractivity contribution in [1.82, 2.24) is 19.8 Å². The van der Waals surface area contributed by atoms with E-state index in [0.29, 0.717) is 39.9 Å². The molecule has 0 aliphatic rings. The van der Waals surface area contributed by atoms with Gasteiger partial charge in [0.25, 0.3) is 5.56 Å². The monoisotopic (exact) mass is 475 g/mol. The van der Waals surface area contributed by atoms with E-state index in [4.69, 9.17) is 14.4 Å². The topological polar surface area (TPSA) is 97.4 Å². The van der Waals surface area contributed by atoms with Crippen LogP contribution in [0.4, 0.5) is 11.6 Å². The van der Waals surface area contributed by atoms with Crippen molar-refractivity contribution in [2.45, 2.75) is 0 Å². The van der Waals surface area contributed by atoms with Crippen molar-refractivity contribution in [2.24, 2.45) is 0 Å². The first kappa shape index (κ1) is 21.4. The van der Waals surface area contributed by atoms with Gasteiger partial charge in [0.2, 0.25) is 0 Å². The summed E-state index contributed by atoms with van der Waals surface area (Å²) in [5.74, 6) is 1.64. The maximum Gasteiger partial charge on any atom is 0.284 e. The van der Waals surface area contributed by atoms with Crippen molar-refractivity contribution >= 4 is 17.3 Å². The molecule has 0 spiro atoms. The Balaban J connectivity index is 1.67. The summed E-state index contributed by atoms with van der Waals surface area (Å²) in [4.78, 5) is 17.5. The van der Waals surface area contributed by atoms with Crippen LogP contribution in [0.2, 0.25) is 0 Å². The van der Waals surface area contributed by atoms with Gasteiger partial charge in [-0.25, -0.2) is 0 Å². The Hall–Kier alpha value is -5.11. The third kappa shape index (κ3) is 3.70. The Bertz CT molecular complexity index is 1690. The van der Waals surface area contributed by atoms with Crippen LogP contribution in [0.3, 0.4) is 0 Å². The van der Waals surface area contributed by atoms with Gasteiger partial charge >= 0.3 is 0 Å². The minimum atomic E-state index is -0.278. The summed E-state index contributed by atoms with van der Waals surface area (Å²) in [6.07, 6.45) is 1.47. The van der Waals surface area contributed by atoms with Crippen molar-refractivity contribution < 1.29 is 9.26 Å². The normalized spacial score (nSPS) is 11.0. The smallest absolute Gasteiger partial charge is 0.284 e. The minimum Gasteiger partial charge on any atom is -0.497 e. The number of fused-ring (bicyclic) bond motifs is 1. The molecule has 0 bridgehead atoms. The lowest BCUT2D eigenvalue weighted by molar-refractivity contribution is 0.415. The van der Waals surface area contributed by atoms with Gasteiger partial charge in [-0.3, -0.25) is 4.79 Å². The summed E-state index contributed by atoms with van der Waals surface area (Å²) in [6.45, 7) is 0. The van der Waals surface area contributed by atoms with E-state index in [-0.39, 0.29) is 5.56 Å². The first-order chi connectivity index (χ1) is 17.7. The summed E-state index contributed by atoms with van der Waals surface area (Å²) >= 11 is 0. The molecule has 8 nitrogen and oxygen atoms in total. The SMILES string of the molecule is COc1ccc(-c2c(Nc3ccon3)[nH]c3c(-c4ccccc4)c(-c4ccccc4)nn3c2=O)cc1. The Kier molecular flexibility index (Phi) is 5.31. The molecule has 6 aromatic rings. The molecule has 0 atom stereocenters. The van der Waals surface area contributed by atoms with E-state index >= 15 is 0 Å². The van der Waals surface area contributed by atoms with Gasteiger partial charge in [-0.2, -0.15) is 9.61 Å². The number of benzene rings is 3. The fraction of sp³-hybridized carbons (Fsp3) is 0.0357. The summed E-state index contributed by atoms with van der Waals surface area (Å²) in [6, 6.07) is 28.7. The third-order valence-electron chi connectivity index (χ3n) is 5.96. The zero-order chi connectivity index (χ0) is 24.5. The predicted octanol–water partition coefficient (Wildman–Crippen LogP) is 5.76. The molecule has 3 aromatic carbocycles. The van der Waals surface area contributed by atoms with Crippen LogP contribution in [0.5, 0.6) is 5.75 Å². The molecule has 0 saturated heterocycles. The van der Waals surface area contributed by atoms with Gasteiger partial charge in [0.15, 0.2) is 5.82 Å². The first-order valence-electron chi connectivity index (χ1n) is 11.3. The fourth-order valence-corrected chi connectivity index (χ4v) is 4.27. The number of anilines is 2. The van der Waals surface area contributed by atoms with Gasteiger partial charge in [-0.15, -0.1) is 0 Å². The number of rotatable bonds is 6. The zero-order valence-corrected chi connectivity index (χ0v) is 19.3. The van der Waals surface area contributed by atoms with Crippen molar-refractivity contribution in [3.05, 3.63) is 108 Å². The number of methoxy groups -OCH3 is 1. The third-order valence-corrected chi connectivity index (χ3v) is 5.96. The molecule has 0 unspecified atom stereocenters. The van der Waals surface area contributed by atoms with E-state index in [1.54, 1.807) is 13.2 Å². The number of aromatic nitrogens is 4. The number of nitrogens with zero attached hydrogens (tertiary/aromatic N) is 3. The van der Waals surface area contributed by atoms with Crippen LogP contribution in [-0.4, -0.2) is 26.9 Å². The molecule has 0 amide bonds. The summed E-state index contributed by atoms with van der Waals surface area (Å²) in [7, 11) is 1.60. The van der Waals surface area contributed by atoms with Gasteiger partial charge in [-0.05, 0) is 23.3 Å². The molecule has 6 rings (SSSR count). The molecule has 0 fully saturated rings. The Labute approximate surface area is 205 Å². The van der Waals surface area contributed by atoms with Gasteiger partial charge < -0.3 is 19.6 Å². The lowest BCUT2D eigenvalue weighted by Crippen LogP contribution is -2.19. The molecule has 3 aromatic heterocycles. The maximum atomic E-state index is 14.0. The molecule has 3 heterocycles. The highest BCUT2D eigenvalue weighted by molar-refractivity contribution is 5.92. The molecular formula is C28H21N5O3. The molecule has 36 heavy (non-hydrogen) atoms. The molecular weight excluding hydrogens is 454 g/mol. The summed E-state index contributed by atoms with van der Waals surface area (Å²) < 4.78 is 11.7. The van der Waals surface area contributed by atoms with E-state index in [1.165, 1.54) is 10.8 Å². The number of hydrogen-bond acceptors (Lipinski definition) is 6. The van der Waals surface area contributed by atoms with Crippen LogP contribution in [0.15, 0.2) is 107 Å². The molecule has 0 radical (unpaired) electrons. The Morgan fingerprint density at radius 1 is 0.833 bits per heavy atom. The van der Waals surface area contributed by atoms with E-state index < -0.39 is 0 Å². The highest BCUT2D eigenvalue weighted by atomic mass is 16.5. The number of ether oxygens (including phenoxy) is 1. The van der Waals surface area contributed by atoms with Crippen LogP contribution in [0.25, 0.3) is 39.2 Å². The first-order valence-corrected chi connectivity index (χ1v) is 11.3. The molecule has 8 heteroatoms. The van der Waals surface area contributed by atoms with E-state index in [9.17, 15) is 4.79 Å². The van der Waals surface area contributed by atoms with Crippen molar-refractivity contribution in [2.75, 3.05) is 12.4 Å². The second-order valence-corrected chi connectivity index (χ2v) is 8.13. The fourth-order valence-electron chi connectivity index (χ4n) is 4.27. The summed E-state index contributed by atoms with van der Waals surface area (Å²) in [5, 5.41) is 12.0. The molecule has 176 valence electrons. The van der Waals surface area contributed by atoms with Gasteiger partial charge in [-0.1, -0.05) is 78.0 Å². The van der Waals surface area contributed by atoms with E-state index in [1.807, 2.05) is 84.9 Å². The highest BCUT2D eigenvalue weighted by Gasteiger charge is 2.23. The average molecular weight is 476 g/mol. The standard InChI is InChI=1S/C28H21N5O3/c1-35-21-14-12-19(13-15-21)24-26(29-22-16-17-36-32-22)30-27-23(18-8-4-2-5-9-18)25(31-33(27)28(24)34)20-10-6-3-7-11-20/h2-17,30H,1H3,(H,29,32). The quantitative estimate of drug-likeness (QED) is 0.318. The molecule has 2 N–H and O–H groups in total. The van der Waals surface area contributed by atoms with Crippen molar-refractivity contribution in [1.29, 1.82) is 0 Å². The highest BCUT2D eigenvalue weighted by Crippen LogP contribution is 2.36. The lowest BCUT2D eigenvalue weighted by atomic mass is 10.0. The minimum absolute atomic E-state index is 0.278. The zero-order valence-electron chi connectivity index (χ0n) is 19.3. The molecule has 0 aliphatic heterocycles. The van der Waals surface area contributed by atoms with E-state index in [2.05, 4.69) is 15.5 Å². The van der Waals surface area contributed by atoms with Gasteiger partial charge in [0, 0.05) is 11.6 Å². The van der Waals surface area contributed by atoms with E-state index in [0.717, 1.165) is 16.7 Å². The maximum absolute atomic E-state index is 14.0. The molecule has 0 aliphatic carbocycles. The van der Waals surface area contributed by atoms with Crippen molar-refractivity contribution in [3.63, 3.8) is 0 Å². The van der Waals surface area contributed by atoms with Gasteiger partial charge in [0.05, 0.1) is 18.2 Å². The van der Waals surface area contributed by atoms with Crippen molar-refractivity contribution in [3.8, 4) is 39.3 Å². The Morgan fingerprint density at radius 2 is 1.50 bits per heavy atom. The number of H-pyrrole nitrogens is 1. The number of nitrogens with one attached hydrogen (secondary N) is 2. The summed E-state index contributed by atoms with van der Waals surface area (Å²) in [5.41, 5.74) is 4.76. The second kappa shape index (κ2) is 8.92. The van der Waals surface area contributed by atoms with Crippen LogP contribution in [-0.2, 0) is 0 Å². The van der Waals surface area contributed by atoms with Gasteiger partial charge in [0.1, 0.15) is 29.2 Å². The second-order valence-electron chi connectivity index (χ2n) is 8.13. The Morgan fingerprint density at radius 3 is 2.14 bits per heavy atom. The largest absolute Gasteiger partial charge is 0.497 e. The van der Waals surface area contributed by atoms with Crippen LogP contribution in [0, 0.1) is 0 Å². The predicted molar refractivity (Wildman–Crippen MR) is 138 cm³/mol. The average Bonchev–Trinajstić information content (AvgIpc) is 3.58. The lowest BCUT2D eigenvalue weighted by Gasteiger charge is -2.12.